The third kappa shape index (κ3) is 7.64. The molecule has 1 aliphatic heterocycles. The van der Waals surface area contributed by atoms with E-state index in [1.807, 2.05) is 20.8 Å². The fraction of sp³-hybridized carbons (Fsp3) is 0.875. The number of methoxy groups -OCH3 is 1. The van der Waals surface area contributed by atoms with Crippen LogP contribution in [0.3, 0.4) is 0 Å². The zero-order chi connectivity index (χ0) is 16.6. The average Bonchev–Trinajstić information content (AvgIpc) is 2.44. The maximum Gasteiger partial charge on any atom is 0.407 e. The molecule has 1 unspecified atom stereocenters. The van der Waals surface area contributed by atoms with Crippen LogP contribution < -0.4 is 5.32 Å². The molecule has 6 nitrogen and oxygen atoms in total. The number of carbonyl (C=O) groups excluding carboxylic acids is 2. The van der Waals surface area contributed by atoms with Crippen LogP contribution in [0.5, 0.6) is 0 Å². The minimum Gasteiger partial charge on any atom is -0.469 e. The molecular weight excluding hydrogens is 284 g/mol. The number of amides is 1. The number of carbonyl (C=O) groups is 2. The largest absolute Gasteiger partial charge is 0.469 e. The molecule has 0 saturated carbocycles. The first-order valence-electron chi connectivity index (χ1n) is 8.09. The highest BCUT2D eigenvalue weighted by Crippen LogP contribution is 2.17. The SMILES string of the molecule is COC(=O)CCCN1CCCCC1CNC(=O)OC(C)(C)C. The Hall–Kier alpha value is -1.30. The van der Waals surface area contributed by atoms with Gasteiger partial charge in [0.1, 0.15) is 5.60 Å². The van der Waals surface area contributed by atoms with Crippen LogP contribution in [0, 0.1) is 0 Å². The van der Waals surface area contributed by atoms with Crippen molar-refractivity contribution in [2.45, 2.75) is 64.5 Å². The highest BCUT2D eigenvalue weighted by molar-refractivity contribution is 5.69. The molecule has 1 saturated heterocycles. The van der Waals surface area contributed by atoms with Crippen molar-refractivity contribution in [1.29, 1.82) is 0 Å². The summed E-state index contributed by atoms with van der Waals surface area (Å²) in [7, 11) is 1.41. The molecule has 0 spiro atoms. The maximum atomic E-state index is 11.7. The van der Waals surface area contributed by atoms with E-state index in [0.29, 0.717) is 19.0 Å². The lowest BCUT2D eigenvalue weighted by molar-refractivity contribution is -0.140. The zero-order valence-corrected chi connectivity index (χ0v) is 14.3. The molecule has 0 bridgehead atoms. The second-order valence-corrected chi connectivity index (χ2v) is 6.75. The maximum absolute atomic E-state index is 11.7. The van der Waals surface area contributed by atoms with Gasteiger partial charge in [0.2, 0.25) is 0 Å². The molecule has 0 aromatic heterocycles. The van der Waals surface area contributed by atoms with E-state index >= 15 is 0 Å². The van der Waals surface area contributed by atoms with E-state index < -0.39 is 5.60 Å². The Kier molecular flexibility index (Phi) is 7.65. The minimum absolute atomic E-state index is 0.166. The van der Waals surface area contributed by atoms with Crippen molar-refractivity contribution in [3.8, 4) is 0 Å². The normalized spacial score (nSPS) is 19.5. The number of ether oxygens (including phenoxy) is 2. The predicted octanol–water partition coefficient (Wildman–Crippen LogP) is 2.32. The number of nitrogens with zero attached hydrogens (tertiary/aromatic N) is 1. The van der Waals surface area contributed by atoms with Gasteiger partial charge in [-0.1, -0.05) is 6.42 Å². The molecule has 22 heavy (non-hydrogen) atoms. The highest BCUT2D eigenvalue weighted by atomic mass is 16.6. The lowest BCUT2D eigenvalue weighted by Crippen LogP contribution is -2.47. The Labute approximate surface area is 133 Å². The van der Waals surface area contributed by atoms with Crippen LogP contribution in [0.2, 0.25) is 0 Å². The fourth-order valence-electron chi connectivity index (χ4n) is 2.63. The van der Waals surface area contributed by atoms with Crippen LogP contribution in [0.25, 0.3) is 0 Å². The minimum atomic E-state index is -0.475. The summed E-state index contributed by atoms with van der Waals surface area (Å²) in [6.07, 6.45) is 4.27. The molecule has 1 atom stereocenters. The number of nitrogens with one attached hydrogen (secondary N) is 1. The van der Waals surface area contributed by atoms with Gasteiger partial charge < -0.3 is 14.8 Å². The monoisotopic (exact) mass is 314 g/mol. The molecule has 1 aliphatic rings. The molecule has 0 radical (unpaired) electrons. The first-order valence-corrected chi connectivity index (χ1v) is 8.09. The van der Waals surface area contributed by atoms with E-state index in [-0.39, 0.29) is 12.1 Å². The quantitative estimate of drug-likeness (QED) is 0.762. The summed E-state index contributed by atoms with van der Waals surface area (Å²) in [5.74, 6) is -0.166. The van der Waals surface area contributed by atoms with Crippen molar-refractivity contribution in [3.05, 3.63) is 0 Å². The standard InChI is InChI=1S/C16H30N2O4/c1-16(2,3)22-15(20)17-12-13-8-5-6-10-18(13)11-7-9-14(19)21-4/h13H,5-12H2,1-4H3,(H,17,20). The van der Waals surface area contributed by atoms with Crippen molar-refractivity contribution < 1.29 is 19.1 Å². The first kappa shape index (κ1) is 18.7. The lowest BCUT2D eigenvalue weighted by Gasteiger charge is -2.35. The lowest BCUT2D eigenvalue weighted by atomic mass is 10.0. The van der Waals surface area contributed by atoms with Crippen LogP contribution in [-0.2, 0) is 14.3 Å². The summed E-state index contributed by atoms with van der Waals surface area (Å²) >= 11 is 0. The van der Waals surface area contributed by atoms with Crippen molar-refractivity contribution in [2.24, 2.45) is 0 Å². The van der Waals surface area contributed by atoms with E-state index in [0.717, 1.165) is 25.9 Å². The zero-order valence-electron chi connectivity index (χ0n) is 14.3. The third-order valence-corrected chi connectivity index (χ3v) is 3.68. The van der Waals surface area contributed by atoms with Gasteiger partial charge in [-0.15, -0.1) is 0 Å². The summed E-state index contributed by atoms with van der Waals surface area (Å²) in [5.41, 5.74) is -0.475. The Morgan fingerprint density at radius 1 is 1.27 bits per heavy atom. The number of alkyl carbamates (subject to hydrolysis) is 1. The highest BCUT2D eigenvalue weighted by Gasteiger charge is 2.24. The van der Waals surface area contributed by atoms with Crippen molar-refractivity contribution in [1.82, 2.24) is 10.2 Å². The Bertz CT molecular complexity index is 366. The first-order chi connectivity index (χ1) is 10.3. The van der Waals surface area contributed by atoms with E-state index in [9.17, 15) is 9.59 Å². The fourth-order valence-corrected chi connectivity index (χ4v) is 2.63. The topological polar surface area (TPSA) is 67.9 Å². The van der Waals surface area contributed by atoms with Crippen LogP contribution in [0.4, 0.5) is 4.79 Å². The van der Waals surface area contributed by atoms with Gasteiger partial charge >= 0.3 is 12.1 Å². The number of esters is 1. The summed E-state index contributed by atoms with van der Waals surface area (Å²) < 4.78 is 9.92. The summed E-state index contributed by atoms with van der Waals surface area (Å²) in [4.78, 5) is 25.3. The molecule has 0 aliphatic carbocycles. The molecule has 6 heteroatoms. The number of piperidine rings is 1. The van der Waals surface area contributed by atoms with Crippen LogP contribution in [0.15, 0.2) is 0 Å². The molecular formula is C16H30N2O4. The third-order valence-electron chi connectivity index (χ3n) is 3.68. The van der Waals surface area contributed by atoms with E-state index in [2.05, 4.69) is 15.0 Å². The average molecular weight is 314 g/mol. The van der Waals surface area contributed by atoms with Gasteiger partial charge in [0, 0.05) is 19.0 Å². The molecule has 0 aromatic rings. The van der Waals surface area contributed by atoms with Crippen LogP contribution in [0.1, 0.15) is 52.9 Å². The van der Waals surface area contributed by atoms with Gasteiger partial charge in [-0.25, -0.2) is 4.79 Å². The van der Waals surface area contributed by atoms with Crippen molar-refractivity contribution in [3.63, 3.8) is 0 Å². The molecule has 1 N–H and O–H groups in total. The molecule has 1 fully saturated rings. The number of hydrogen-bond acceptors (Lipinski definition) is 5. The predicted molar refractivity (Wildman–Crippen MR) is 84.7 cm³/mol. The molecule has 1 amide bonds. The molecule has 1 heterocycles. The number of rotatable bonds is 6. The van der Waals surface area contributed by atoms with E-state index in [1.54, 1.807) is 0 Å². The number of hydrogen-bond donors (Lipinski definition) is 1. The smallest absolute Gasteiger partial charge is 0.407 e. The Balaban J connectivity index is 2.35. The van der Waals surface area contributed by atoms with Gasteiger partial charge in [-0.2, -0.15) is 0 Å². The van der Waals surface area contributed by atoms with Gasteiger partial charge in [-0.3, -0.25) is 9.69 Å². The van der Waals surface area contributed by atoms with E-state index in [4.69, 9.17) is 4.74 Å². The van der Waals surface area contributed by atoms with Gasteiger partial charge in [0.05, 0.1) is 7.11 Å². The Morgan fingerprint density at radius 3 is 2.64 bits per heavy atom. The summed E-state index contributed by atoms with van der Waals surface area (Å²) in [5, 5.41) is 2.85. The summed E-state index contributed by atoms with van der Waals surface area (Å²) in [6.45, 7) is 8.02. The number of likely N-dealkylation sites (tertiary alicyclic amines) is 1. The van der Waals surface area contributed by atoms with Crippen molar-refractivity contribution >= 4 is 12.1 Å². The van der Waals surface area contributed by atoms with Gasteiger partial charge in [0.15, 0.2) is 0 Å². The Morgan fingerprint density at radius 2 is 2.00 bits per heavy atom. The van der Waals surface area contributed by atoms with Crippen LogP contribution >= 0.6 is 0 Å². The molecule has 128 valence electrons. The second-order valence-electron chi connectivity index (χ2n) is 6.75. The molecule has 0 aromatic carbocycles. The van der Waals surface area contributed by atoms with Crippen molar-refractivity contribution in [2.75, 3.05) is 26.7 Å². The van der Waals surface area contributed by atoms with E-state index in [1.165, 1.54) is 20.0 Å². The summed E-state index contributed by atoms with van der Waals surface area (Å²) in [6, 6.07) is 0.318. The van der Waals surface area contributed by atoms with Gasteiger partial charge in [0.25, 0.3) is 0 Å². The second kappa shape index (κ2) is 8.98. The molecule has 1 rings (SSSR count). The van der Waals surface area contributed by atoms with Crippen LogP contribution in [-0.4, -0.2) is 55.3 Å². The van der Waals surface area contributed by atoms with Gasteiger partial charge in [-0.05, 0) is 53.1 Å².